The van der Waals surface area contributed by atoms with Gasteiger partial charge in [-0.3, -0.25) is 0 Å². The second-order valence-corrected chi connectivity index (χ2v) is 2.99. The highest BCUT2D eigenvalue weighted by Gasteiger charge is 2.16. The minimum atomic E-state index is -0.267. The highest BCUT2D eigenvalue weighted by Crippen LogP contribution is 2.34. The number of rotatable bonds is 1. The molecule has 0 aliphatic carbocycles. The molecular weight excluding hydrogens is 226 g/mol. The van der Waals surface area contributed by atoms with Crippen LogP contribution < -0.4 is 9.47 Å². The van der Waals surface area contributed by atoms with Crippen LogP contribution in [0.5, 0.6) is 11.5 Å². The van der Waals surface area contributed by atoms with Crippen molar-refractivity contribution in [3.05, 3.63) is 23.5 Å². The Balaban J connectivity index is 2.49. The van der Waals surface area contributed by atoms with Crippen LogP contribution in [0.25, 0.3) is 0 Å². The lowest BCUT2D eigenvalue weighted by Crippen LogP contribution is -1.92. The van der Waals surface area contributed by atoms with Gasteiger partial charge in [-0.15, -0.1) is 0 Å². The molecule has 64 valence electrons. The first kappa shape index (κ1) is 7.86. The van der Waals surface area contributed by atoms with E-state index in [1.165, 1.54) is 6.07 Å². The van der Waals surface area contributed by atoms with Crippen molar-refractivity contribution in [2.45, 2.75) is 5.33 Å². The van der Waals surface area contributed by atoms with Gasteiger partial charge in [0, 0.05) is 17.0 Å². The zero-order valence-electron chi connectivity index (χ0n) is 6.14. The normalized spacial score (nSPS) is 13.5. The largest absolute Gasteiger partial charge is 0.454 e. The fraction of sp³-hybridized carbons (Fsp3) is 0.250. The highest BCUT2D eigenvalue weighted by atomic mass is 79.9. The zero-order valence-corrected chi connectivity index (χ0v) is 7.73. The molecule has 2 nitrogen and oxygen atoms in total. The first-order chi connectivity index (χ1) is 5.81. The van der Waals surface area contributed by atoms with Crippen LogP contribution in [-0.4, -0.2) is 6.79 Å². The van der Waals surface area contributed by atoms with Crippen LogP contribution in [-0.2, 0) is 5.33 Å². The molecule has 0 radical (unpaired) electrons. The summed E-state index contributed by atoms with van der Waals surface area (Å²) < 4.78 is 23.2. The number of hydrogen-bond donors (Lipinski definition) is 0. The van der Waals surface area contributed by atoms with E-state index in [9.17, 15) is 4.39 Å². The van der Waals surface area contributed by atoms with Crippen LogP contribution in [0.3, 0.4) is 0 Å². The minimum Gasteiger partial charge on any atom is -0.454 e. The molecule has 2 rings (SSSR count). The Labute approximate surface area is 77.4 Å². The standard InChI is InChI=1S/C8H6BrFO2/c9-3-5-1-7-8(2-6(5)10)12-4-11-7/h1-2H,3-4H2/i10-1. The Morgan fingerprint density at radius 3 is 2.67 bits per heavy atom. The summed E-state index contributed by atoms with van der Waals surface area (Å²) in [7, 11) is 0. The average molecular weight is 232 g/mol. The molecule has 0 N–H and O–H groups in total. The van der Waals surface area contributed by atoms with Gasteiger partial charge in [-0.25, -0.2) is 4.39 Å². The first-order valence-electron chi connectivity index (χ1n) is 3.45. The molecule has 0 spiro atoms. The van der Waals surface area contributed by atoms with Gasteiger partial charge < -0.3 is 9.47 Å². The molecule has 0 amide bonds. The Hall–Kier alpha value is -0.770. The number of halogens is 2. The van der Waals surface area contributed by atoms with Gasteiger partial charge in [-0.1, -0.05) is 15.9 Å². The summed E-state index contributed by atoms with van der Waals surface area (Å²) in [4.78, 5) is 0. The number of fused-ring (bicyclic) bond motifs is 1. The lowest BCUT2D eigenvalue weighted by Gasteiger charge is -2.00. The van der Waals surface area contributed by atoms with Gasteiger partial charge in [0.25, 0.3) is 0 Å². The van der Waals surface area contributed by atoms with Crippen LogP contribution in [0.1, 0.15) is 5.56 Å². The van der Waals surface area contributed by atoms with Gasteiger partial charge in [-0.2, -0.15) is 0 Å². The summed E-state index contributed by atoms with van der Waals surface area (Å²) in [6.45, 7) is 0.181. The summed E-state index contributed by atoms with van der Waals surface area (Å²) in [6, 6.07) is 2.99. The molecule has 1 aliphatic heterocycles. The van der Waals surface area contributed by atoms with Crippen molar-refractivity contribution >= 4 is 15.9 Å². The topological polar surface area (TPSA) is 18.5 Å². The molecule has 1 aromatic carbocycles. The molecule has 0 saturated heterocycles. The maximum Gasteiger partial charge on any atom is 0.231 e. The molecular formula is C8H6BrFO2. The van der Waals surface area contributed by atoms with E-state index in [4.69, 9.17) is 9.47 Å². The second kappa shape index (κ2) is 2.94. The van der Waals surface area contributed by atoms with Crippen molar-refractivity contribution in [1.29, 1.82) is 0 Å². The van der Waals surface area contributed by atoms with Crippen LogP contribution >= 0.6 is 15.9 Å². The summed E-state index contributed by atoms with van der Waals surface area (Å²) in [6.07, 6.45) is 0. The lowest BCUT2D eigenvalue weighted by molar-refractivity contribution is 0.174. The Morgan fingerprint density at radius 2 is 2.00 bits per heavy atom. The predicted octanol–water partition coefficient (Wildman–Crippen LogP) is 2.45. The van der Waals surface area contributed by atoms with E-state index in [0.717, 1.165) is 0 Å². The van der Waals surface area contributed by atoms with E-state index in [1.54, 1.807) is 6.07 Å². The van der Waals surface area contributed by atoms with Gasteiger partial charge in [0.15, 0.2) is 11.5 Å². The van der Waals surface area contributed by atoms with Crippen LogP contribution in [0.2, 0.25) is 0 Å². The molecule has 0 aromatic heterocycles. The number of alkyl halides is 1. The van der Waals surface area contributed by atoms with E-state index in [2.05, 4.69) is 15.9 Å². The molecule has 0 bridgehead atoms. The average Bonchev–Trinajstić information content (AvgIpc) is 2.49. The van der Waals surface area contributed by atoms with Crippen molar-refractivity contribution < 1.29 is 13.9 Å². The number of ether oxygens (including phenoxy) is 2. The van der Waals surface area contributed by atoms with Crippen molar-refractivity contribution in [1.82, 2.24) is 0 Å². The molecule has 4 heteroatoms. The van der Waals surface area contributed by atoms with Crippen molar-refractivity contribution in [3.8, 4) is 11.5 Å². The third kappa shape index (κ3) is 1.16. The third-order valence-electron chi connectivity index (χ3n) is 1.69. The van der Waals surface area contributed by atoms with Crippen LogP contribution in [0.4, 0.5) is 4.39 Å². The minimum absolute atomic E-state index is 0.181. The number of hydrogen-bond acceptors (Lipinski definition) is 2. The summed E-state index contributed by atoms with van der Waals surface area (Å²) >= 11 is 3.18. The smallest absolute Gasteiger partial charge is 0.231 e. The van der Waals surface area contributed by atoms with Gasteiger partial charge in [-0.05, 0) is 6.07 Å². The molecule has 12 heavy (non-hydrogen) atoms. The maximum absolute atomic E-state index is 13.1. The highest BCUT2D eigenvalue weighted by molar-refractivity contribution is 9.08. The Bertz CT molecular complexity index is 313. The van der Waals surface area contributed by atoms with E-state index < -0.39 is 0 Å². The Kier molecular flexibility index (Phi) is 1.92. The van der Waals surface area contributed by atoms with E-state index in [1.807, 2.05) is 0 Å². The summed E-state index contributed by atoms with van der Waals surface area (Å²) in [5.74, 6) is 0.833. The van der Waals surface area contributed by atoms with Gasteiger partial charge in [0.2, 0.25) is 6.79 Å². The zero-order chi connectivity index (χ0) is 8.55. The Morgan fingerprint density at radius 1 is 1.33 bits per heavy atom. The molecule has 0 unspecified atom stereocenters. The maximum atomic E-state index is 13.1. The second-order valence-electron chi connectivity index (χ2n) is 2.43. The molecule has 1 aliphatic rings. The SMILES string of the molecule is [18F]c1cc2c(cc1CBr)OCO2. The van der Waals surface area contributed by atoms with Crippen molar-refractivity contribution in [2.24, 2.45) is 0 Å². The van der Waals surface area contributed by atoms with E-state index in [-0.39, 0.29) is 12.6 Å². The molecule has 0 fully saturated rings. The van der Waals surface area contributed by atoms with Crippen LogP contribution in [0.15, 0.2) is 12.1 Å². The van der Waals surface area contributed by atoms with Crippen LogP contribution in [0, 0.1) is 5.82 Å². The fourth-order valence-electron chi connectivity index (χ4n) is 1.06. The molecule has 1 heterocycles. The van der Waals surface area contributed by atoms with Crippen molar-refractivity contribution in [2.75, 3.05) is 6.79 Å². The van der Waals surface area contributed by atoms with Gasteiger partial charge in [0.1, 0.15) is 5.82 Å². The predicted molar refractivity (Wildman–Crippen MR) is 45.2 cm³/mol. The summed E-state index contributed by atoms with van der Waals surface area (Å²) in [5, 5.41) is 0.482. The lowest BCUT2D eigenvalue weighted by atomic mass is 10.2. The molecule has 0 saturated carbocycles. The fourth-order valence-corrected chi connectivity index (χ4v) is 1.49. The van der Waals surface area contributed by atoms with E-state index in [0.29, 0.717) is 22.4 Å². The van der Waals surface area contributed by atoms with E-state index >= 15 is 0 Å². The number of benzene rings is 1. The molecule has 1 aromatic rings. The summed E-state index contributed by atoms with van der Waals surface area (Å²) in [5.41, 5.74) is 0.583. The first-order valence-corrected chi connectivity index (χ1v) is 4.57. The molecule has 0 atom stereocenters. The van der Waals surface area contributed by atoms with Gasteiger partial charge >= 0.3 is 0 Å². The van der Waals surface area contributed by atoms with Crippen molar-refractivity contribution in [3.63, 3.8) is 0 Å². The monoisotopic (exact) mass is 231 g/mol. The van der Waals surface area contributed by atoms with Gasteiger partial charge in [0.05, 0.1) is 0 Å². The third-order valence-corrected chi connectivity index (χ3v) is 2.29. The quantitative estimate of drug-likeness (QED) is 0.692.